The van der Waals surface area contributed by atoms with E-state index in [9.17, 15) is 4.79 Å². The molecule has 23 heavy (non-hydrogen) atoms. The van der Waals surface area contributed by atoms with Crippen LogP contribution in [0.5, 0.6) is 0 Å². The largest absolute Gasteiger partial charge is 0.364 e. The molecule has 0 saturated heterocycles. The molecule has 0 aliphatic rings. The number of benzene rings is 3. The summed E-state index contributed by atoms with van der Waals surface area (Å²) in [5, 5.41) is 8.42. The molecule has 0 saturated carbocycles. The molecule has 0 fully saturated rings. The van der Waals surface area contributed by atoms with Gasteiger partial charge in [0.1, 0.15) is 6.17 Å². The number of carbonyl (C=O) groups excluding carboxylic acids is 1. The van der Waals surface area contributed by atoms with Gasteiger partial charge in [0.15, 0.2) is 0 Å². The minimum absolute atomic E-state index is 0.277. The molecule has 0 aromatic heterocycles. The number of fused-ring (bicyclic) bond motifs is 1. The van der Waals surface area contributed by atoms with Crippen LogP contribution < -0.4 is 16.4 Å². The highest BCUT2D eigenvalue weighted by Crippen LogP contribution is 2.23. The van der Waals surface area contributed by atoms with Crippen molar-refractivity contribution < 1.29 is 4.79 Å². The summed E-state index contributed by atoms with van der Waals surface area (Å²) >= 11 is 0. The summed E-state index contributed by atoms with van der Waals surface area (Å²) in [7, 11) is 0. The van der Waals surface area contributed by atoms with Crippen molar-refractivity contribution in [1.82, 2.24) is 5.32 Å². The van der Waals surface area contributed by atoms with Crippen molar-refractivity contribution in [2.75, 3.05) is 5.32 Å². The minimum Gasteiger partial charge on any atom is -0.364 e. The molecule has 0 bridgehead atoms. The van der Waals surface area contributed by atoms with E-state index in [-0.39, 0.29) is 6.17 Å². The summed E-state index contributed by atoms with van der Waals surface area (Å²) in [4.78, 5) is 11.3. The highest BCUT2D eigenvalue weighted by atomic mass is 16.2. The molecule has 0 spiro atoms. The van der Waals surface area contributed by atoms with Crippen molar-refractivity contribution in [3.63, 3.8) is 0 Å². The van der Waals surface area contributed by atoms with Crippen LogP contribution in [0.4, 0.5) is 10.5 Å². The van der Waals surface area contributed by atoms with Crippen molar-refractivity contribution in [2.45, 2.75) is 12.6 Å². The molecular weight excluding hydrogens is 286 g/mol. The van der Waals surface area contributed by atoms with Crippen LogP contribution in [0.25, 0.3) is 10.8 Å². The second-order valence-electron chi connectivity index (χ2n) is 5.42. The number of carbonyl (C=O) groups is 1. The molecule has 1 atom stereocenters. The molecule has 4 heteroatoms. The first-order chi connectivity index (χ1) is 11.2. The maximum absolute atomic E-state index is 11.3. The number of amides is 2. The lowest BCUT2D eigenvalue weighted by molar-refractivity contribution is 0.246. The van der Waals surface area contributed by atoms with Gasteiger partial charge in [0, 0.05) is 17.5 Å². The van der Waals surface area contributed by atoms with Gasteiger partial charge < -0.3 is 16.4 Å². The minimum atomic E-state index is -0.543. The summed E-state index contributed by atoms with van der Waals surface area (Å²) < 4.78 is 0. The van der Waals surface area contributed by atoms with Gasteiger partial charge in [-0.2, -0.15) is 0 Å². The van der Waals surface area contributed by atoms with Gasteiger partial charge in [-0.3, -0.25) is 0 Å². The number of urea groups is 1. The molecule has 116 valence electrons. The number of nitrogens with two attached hydrogens (primary N) is 1. The van der Waals surface area contributed by atoms with Gasteiger partial charge in [0.25, 0.3) is 0 Å². The molecular formula is C19H19N3O. The Morgan fingerprint density at radius 3 is 2.39 bits per heavy atom. The molecule has 1 unspecified atom stereocenters. The predicted molar refractivity (Wildman–Crippen MR) is 94.2 cm³/mol. The number of nitrogens with one attached hydrogen (secondary N) is 2. The van der Waals surface area contributed by atoms with Crippen molar-refractivity contribution in [3.8, 4) is 0 Å². The molecule has 4 N–H and O–H groups in total. The van der Waals surface area contributed by atoms with Crippen LogP contribution in [0.1, 0.15) is 5.56 Å². The van der Waals surface area contributed by atoms with Crippen molar-refractivity contribution in [2.24, 2.45) is 5.73 Å². The van der Waals surface area contributed by atoms with Crippen LogP contribution in [0, 0.1) is 0 Å². The molecule has 3 aromatic carbocycles. The Balaban J connectivity index is 1.86. The van der Waals surface area contributed by atoms with E-state index < -0.39 is 6.03 Å². The van der Waals surface area contributed by atoms with Gasteiger partial charge in [0.05, 0.1) is 0 Å². The first kappa shape index (κ1) is 14.9. The highest BCUT2D eigenvalue weighted by molar-refractivity contribution is 5.94. The number of primary amides is 1. The SMILES string of the molecule is NC(=O)NC(Cc1ccccc1)Nc1cccc2ccccc12. The zero-order chi connectivity index (χ0) is 16.1. The van der Waals surface area contributed by atoms with Gasteiger partial charge in [-0.05, 0) is 17.0 Å². The second-order valence-corrected chi connectivity index (χ2v) is 5.42. The van der Waals surface area contributed by atoms with Gasteiger partial charge >= 0.3 is 6.03 Å². The molecule has 3 aromatic rings. The first-order valence-corrected chi connectivity index (χ1v) is 7.56. The quantitative estimate of drug-likeness (QED) is 0.632. The first-order valence-electron chi connectivity index (χ1n) is 7.56. The monoisotopic (exact) mass is 305 g/mol. The Morgan fingerprint density at radius 1 is 0.913 bits per heavy atom. The lowest BCUT2D eigenvalue weighted by atomic mass is 10.1. The van der Waals surface area contributed by atoms with E-state index >= 15 is 0 Å². The van der Waals surface area contributed by atoms with Crippen LogP contribution in [-0.2, 0) is 6.42 Å². The fraction of sp³-hybridized carbons (Fsp3) is 0.105. The van der Waals surface area contributed by atoms with E-state index in [0.29, 0.717) is 6.42 Å². The van der Waals surface area contributed by atoms with Crippen molar-refractivity contribution >= 4 is 22.5 Å². The van der Waals surface area contributed by atoms with E-state index in [0.717, 1.165) is 22.0 Å². The third-order valence-electron chi connectivity index (χ3n) is 3.72. The summed E-state index contributed by atoms with van der Waals surface area (Å²) in [5.74, 6) is 0. The maximum Gasteiger partial charge on any atom is 0.313 e. The summed E-state index contributed by atoms with van der Waals surface area (Å²) in [6, 6.07) is 23.6. The average Bonchev–Trinajstić information content (AvgIpc) is 2.55. The van der Waals surface area contributed by atoms with E-state index in [1.54, 1.807) is 0 Å². The van der Waals surface area contributed by atoms with E-state index in [4.69, 9.17) is 5.73 Å². The number of anilines is 1. The van der Waals surface area contributed by atoms with Gasteiger partial charge in [-0.15, -0.1) is 0 Å². The normalized spacial score (nSPS) is 11.8. The zero-order valence-electron chi connectivity index (χ0n) is 12.7. The predicted octanol–water partition coefficient (Wildman–Crippen LogP) is 3.49. The molecule has 2 amide bonds. The Labute approximate surface area is 135 Å². The third-order valence-corrected chi connectivity index (χ3v) is 3.72. The van der Waals surface area contributed by atoms with Crippen LogP contribution in [0.3, 0.4) is 0 Å². The Hall–Kier alpha value is -3.01. The molecule has 0 aliphatic carbocycles. The van der Waals surface area contributed by atoms with Gasteiger partial charge in [-0.25, -0.2) is 4.79 Å². The highest BCUT2D eigenvalue weighted by Gasteiger charge is 2.12. The summed E-state index contributed by atoms with van der Waals surface area (Å²) in [5.41, 5.74) is 7.42. The van der Waals surface area contributed by atoms with E-state index in [1.807, 2.05) is 54.6 Å². The van der Waals surface area contributed by atoms with Gasteiger partial charge in [0.2, 0.25) is 0 Å². The number of rotatable bonds is 5. The lowest BCUT2D eigenvalue weighted by Crippen LogP contribution is -2.44. The maximum atomic E-state index is 11.3. The fourth-order valence-electron chi connectivity index (χ4n) is 2.70. The Bertz CT molecular complexity index is 797. The third kappa shape index (κ3) is 3.80. The van der Waals surface area contributed by atoms with Crippen LogP contribution in [0.15, 0.2) is 72.8 Å². The van der Waals surface area contributed by atoms with Crippen LogP contribution in [0.2, 0.25) is 0 Å². The van der Waals surface area contributed by atoms with E-state index in [1.165, 1.54) is 0 Å². The van der Waals surface area contributed by atoms with Crippen molar-refractivity contribution in [1.29, 1.82) is 0 Å². The fourth-order valence-corrected chi connectivity index (χ4v) is 2.70. The molecule has 4 nitrogen and oxygen atoms in total. The topological polar surface area (TPSA) is 67.2 Å². The smallest absolute Gasteiger partial charge is 0.313 e. The average molecular weight is 305 g/mol. The van der Waals surface area contributed by atoms with E-state index in [2.05, 4.69) is 28.8 Å². The standard InChI is InChI=1S/C19H19N3O/c20-19(23)22-18(13-14-7-2-1-3-8-14)21-17-12-6-10-15-9-4-5-11-16(15)17/h1-12,18,21H,13H2,(H3,20,22,23). The zero-order valence-corrected chi connectivity index (χ0v) is 12.7. The van der Waals surface area contributed by atoms with Crippen LogP contribution >= 0.6 is 0 Å². The number of hydrogen-bond donors (Lipinski definition) is 3. The van der Waals surface area contributed by atoms with Crippen molar-refractivity contribution in [3.05, 3.63) is 78.4 Å². The number of hydrogen-bond acceptors (Lipinski definition) is 2. The summed E-state index contributed by atoms with van der Waals surface area (Å²) in [6.07, 6.45) is 0.369. The van der Waals surface area contributed by atoms with Gasteiger partial charge in [-0.1, -0.05) is 66.7 Å². The molecule has 3 rings (SSSR count). The molecule has 0 radical (unpaired) electrons. The lowest BCUT2D eigenvalue weighted by Gasteiger charge is -2.21. The second kappa shape index (κ2) is 6.83. The molecule has 0 aliphatic heterocycles. The summed E-state index contributed by atoms with van der Waals surface area (Å²) in [6.45, 7) is 0. The van der Waals surface area contributed by atoms with Crippen LogP contribution in [-0.4, -0.2) is 12.2 Å². The Kier molecular flexibility index (Phi) is 4.43. The molecule has 0 heterocycles. The Morgan fingerprint density at radius 2 is 1.61 bits per heavy atom.